The van der Waals surface area contributed by atoms with Crippen molar-refractivity contribution in [2.24, 2.45) is 0 Å². The lowest BCUT2D eigenvalue weighted by atomic mass is 10.1. The molecule has 0 radical (unpaired) electrons. The van der Waals surface area contributed by atoms with Crippen LogP contribution in [0.1, 0.15) is 34.5 Å². The van der Waals surface area contributed by atoms with Crippen molar-refractivity contribution in [3.05, 3.63) is 83.4 Å². The van der Waals surface area contributed by atoms with Crippen LogP contribution >= 0.6 is 0 Å². The predicted molar refractivity (Wildman–Crippen MR) is 122 cm³/mol. The van der Waals surface area contributed by atoms with Crippen LogP contribution < -0.4 is 19.5 Å². The third-order valence-electron chi connectivity index (χ3n) is 5.11. The van der Waals surface area contributed by atoms with Gasteiger partial charge in [-0.2, -0.15) is 5.26 Å². The summed E-state index contributed by atoms with van der Waals surface area (Å²) in [6.07, 6.45) is 0. The maximum absolute atomic E-state index is 12.7. The molecule has 9 heteroatoms. The second kappa shape index (κ2) is 9.22. The van der Waals surface area contributed by atoms with Crippen LogP contribution in [-0.2, 0) is 10.0 Å². The summed E-state index contributed by atoms with van der Waals surface area (Å²) in [5, 5.41) is 11.8. The monoisotopic (exact) mass is 463 g/mol. The van der Waals surface area contributed by atoms with Gasteiger partial charge in [0.15, 0.2) is 11.5 Å². The molecule has 0 bridgehead atoms. The maximum atomic E-state index is 12.7. The zero-order chi connectivity index (χ0) is 23.4. The van der Waals surface area contributed by atoms with Gasteiger partial charge in [0.2, 0.25) is 0 Å². The highest BCUT2D eigenvalue weighted by molar-refractivity contribution is 7.92. The van der Waals surface area contributed by atoms with Gasteiger partial charge in [0.25, 0.3) is 15.9 Å². The molecule has 0 aromatic heterocycles. The molecule has 3 aromatic rings. The number of nitriles is 1. The molecule has 0 saturated carbocycles. The van der Waals surface area contributed by atoms with Crippen LogP contribution in [0.2, 0.25) is 0 Å². The standard InChI is InChI=1S/C24H21N3O5S/c1-16(18-4-2-17(15-25)3-5-18)26-24(28)19-6-8-20(9-7-19)27-33(29,30)21-10-11-22-23(14-21)32-13-12-31-22/h2-11,14,16,27H,12-13H2,1H3,(H,26,28). The van der Waals surface area contributed by atoms with E-state index in [1.54, 1.807) is 42.5 Å². The minimum absolute atomic E-state index is 0.0461. The van der Waals surface area contributed by atoms with Crippen LogP contribution in [0.5, 0.6) is 11.5 Å². The highest BCUT2D eigenvalue weighted by Crippen LogP contribution is 2.32. The Labute approximate surface area is 191 Å². The molecule has 33 heavy (non-hydrogen) atoms. The first kappa shape index (κ1) is 22.2. The number of hydrogen-bond acceptors (Lipinski definition) is 6. The number of sulfonamides is 1. The van der Waals surface area contributed by atoms with E-state index in [-0.39, 0.29) is 16.8 Å². The van der Waals surface area contributed by atoms with Gasteiger partial charge in [-0.15, -0.1) is 0 Å². The molecular formula is C24H21N3O5S. The highest BCUT2D eigenvalue weighted by atomic mass is 32.2. The highest BCUT2D eigenvalue weighted by Gasteiger charge is 2.20. The number of nitrogens with zero attached hydrogens (tertiary/aromatic N) is 1. The van der Waals surface area contributed by atoms with Crippen molar-refractivity contribution in [3.8, 4) is 17.6 Å². The maximum Gasteiger partial charge on any atom is 0.262 e. The van der Waals surface area contributed by atoms with E-state index in [0.717, 1.165) is 5.56 Å². The van der Waals surface area contributed by atoms with Crippen molar-refractivity contribution in [1.82, 2.24) is 5.32 Å². The third-order valence-corrected chi connectivity index (χ3v) is 6.49. The molecular weight excluding hydrogens is 442 g/mol. The first-order valence-corrected chi connectivity index (χ1v) is 11.7. The Morgan fingerprint density at radius 1 is 0.970 bits per heavy atom. The van der Waals surface area contributed by atoms with Crippen LogP contribution in [0, 0.1) is 11.3 Å². The molecule has 1 aliphatic rings. The number of rotatable bonds is 6. The van der Waals surface area contributed by atoms with Crippen molar-refractivity contribution in [1.29, 1.82) is 5.26 Å². The summed E-state index contributed by atoms with van der Waals surface area (Å²) in [5.41, 5.74) is 2.12. The largest absolute Gasteiger partial charge is 0.486 e. The van der Waals surface area contributed by atoms with E-state index in [1.165, 1.54) is 24.3 Å². The van der Waals surface area contributed by atoms with E-state index in [0.29, 0.717) is 41.5 Å². The molecule has 168 valence electrons. The lowest BCUT2D eigenvalue weighted by Gasteiger charge is -2.19. The van der Waals surface area contributed by atoms with E-state index in [4.69, 9.17) is 14.7 Å². The number of amides is 1. The molecule has 1 atom stereocenters. The lowest BCUT2D eigenvalue weighted by molar-refractivity contribution is 0.0940. The van der Waals surface area contributed by atoms with Crippen molar-refractivity contribution in [2.45, 2.75) is 17.9 Å². The molecule has 8 nitrogen and oxygen atoms in total. The minimum atomic E-state index is -3.85. The van der Waals surface area contributed by atoms with Gasteiger partial charge in [-0.25, -0.2) is 8.42 Å². The topological polar surface area (TPSA) is 118 Å². The summed E-state index contributed by atoms with van der Waals surface area (Å²) in [7, 11) is -3.85. The number of carbonyl (C=O) groups excluding carboxylic acids is 1. The molecule has 1 amide bonds. The summed E-state index contributed by atoms with van der Waals surface area (Å²) >= 11 is 0. The summed E-state index contributed by atoms with van der Waals surface area (Å²) in [5.74, 6) is 0.589. The number of carbonyl (C=O) groups is 1. The molecule has 2 N–H and O–H groups in total. The van der Waals surface area contributed by atoms with Crippen LogP contribution in [0.25, 0.3) is 0 Å². The second-order valence-electron chi connectivity index (χ2n) is 7.42. The Hall–Kier alpha value is -4.03. The zero-order valence-corrected chi connectivity index (χ0v) is 18.6. The summed E-state index contributed by atoms with van der Waals surface area (Å²) in [4.78, 5) is 12.6. The van der Waals surface area contributed by atoms with Crippen LogP contribution in [0.4, 0.5) is 5.69 Å². The Kier molecular flexibility index (Phi) is 6.20. The van der Waals surface area contributed by atoms with Crippen LogP contribution in [0.3, 0.4) is 0 Å². The molecule has 0 fully saturated rings. The van der Waals surface area contributed by atoms with Crippen molar-refractivity contribution in [3.63, 3.8) is 0 Å². The number of hydrogen-bond donors (Lipinski definition) is 2. The summed E-state index contributed by atoms with van der Waals surface area (Å²) in [6.45, 7) is 2.62. The van der Waals surface area contributed by atoms with Crippen LogP contribution in [0.15, 0.2) is 71.6 Å². The lowest BCUT2D eigenvalue weighted by Crippen LogP contribution is -2.26. The van der Waals surface area contributed by atoms with E-state index >= 15 is 0 Å². The Bertz CT molecular complexity index is 1310. The average Bonchev–Trinajstić information content (AvgIpc) is 2.84. The first-order chi connectivity index (χ1) is 15.9. The number of benzene rings is 3. The number of nitrogens with one attached hydrogen (secondary N) is 2. The molecule has 1 aliphatic heterocycles. The molecule has 3 aromatic carbocycles. The van der Waals surface area contributed by atoms with Gasteiger partial charge < -0.3 is 14.8 Å². The number of fused-ring (bicyclic) bond motifs is 1. The van der Waals surface area contributed by atoms with Gasteiger partial charge in [0.05, 0.1) is 22.6 Å². The smallest absolute Gasteiger partial charge is 0.262 e. The van der Waals surface area contributed by atoms with Crippen LogP contribution in [-0.4, -0.2) is 27.5 Å². The van der Waals surface area contributed by atoms with Gasteiger partial charge in [0.1, 0.15) is 13.2 Å². The van der Waals surface area contributed by atoms with Crippen molar-refractivity contribution < 1.29 is 22.7 Å². The van der Waals surface area contributed by atoms with E-state index in [1.807, 2.05) is 6.92 Å². The fourth-order valence-electron chi connectivity index (χ4n) is 3.30. The van der Waals surface area contributed by atoms with E-state index in [9.17, 15) is 13.2 Å². The normalized spacial score (nSPS) is 13.5. The van der Waals surface area contributed by atoms with Gasteiger partial charge in [-0.3, -0.25) is 9.52 Å². The third kappa shape index (κ3) is 5.07. The Morgan fingerprint density at radius 3 is 2.30 bits per heavy atom. The second-order valence-corrected chi connectivity index (χ2v) is 9.10. The van der Waals surface area contributed by atoms with E-state index < -0.39 is 10.0 Å². The summed E-state index contributed by atoms with van der Waals surface area (Å²) in [6, 6.07) is 19.3. The zero-order valence-electron chi connectivity index (χ0n) is 17.7. The minimum Gasteiger partial charge on any atom is -0.486 e. The molecule has 0 spiro atoms. The van der Waals surface area contributed by atoms with Gasteiger partial charge in [-0.05, 0) is 61.0 Å². The number of ether oxygens (including phenoxy) is 2. The molecule has 0 aliphatic carbocycles. The SMILES string of the molecule is CC(NC(=O)c1ccc(NS(=O)(=O)c2ccc3c(c2)OCCO3)cc1)c1ccc(C#N)cc1. The molecule has 1 heterocycles. The van der Waals surface area contributed by atoms with Gasteiger partial charge in [-0.1, -0.05) is 12.1 Å². The average molecular weight is 464 g/mol. The first-order valence-electron chi connectivity index (χ1n) is 10.2. The van der Waals surface area contributed by atoms with Gasteiger partial charge in [0, 0.05) is 17.3 Å². The van der Waals surface area contributed by atoms with Crippen molar-refractivity contribution >= 4 is 21.6 Å². The predicted octanol–water partition coefficient (Wildman–Crippen LogP) is 3.62. The fraction of sp³-hybridized carbons (Fsp3) is 0.167. The fourth-order valence-corrected chi connectivity index (χ4v) is 4.38. The quantitative estimate of drug-likeness (QED) is 0.577. The van der Waals surface area contributed by atoms with E-state index in [2.05, 4.69) is 16.1 Å². The Balaban J connectivity index is 1.42. The number of anilines is 1. The summed E-state index contributed by atoms with van der Waals surface area (Å²) < 4.78 is 38.9. The Morgan fingerprint density at radius 2 is 1.64 bits per heavy atom. The van der Waals surface area contributed by atoms with Crippen molar-refractivity contribution in [2.75, 3.05) is 17.9 Å². The molecule has 4 rings (SSSR count). The molecule has 0 saturated heterocycles. The molecule has 1 unspecified atom stereocenters. The van der Waals surface area contributed by atoms with Gasteiger partial charge >= 0.3 is 0 Å².